The number of nitriles is 1. The third kappa shape index (κ3) is 10.3. The first-order chi connectivity index (χ1) is 27.8. The fourth-order valence-corrected chi connectivity index (χ4v) is 6.93. The fraction of sp³-hybridized carbons (Fsp3) is 0.364. The molecule has 2 saturated heterocycles. The maximum atomic E-state index is 16.9. The standard InChI is InChI=1S/C44H47F2N5O7/c1-44(2,3)57-43(54)51(27-29-10-8-28(9-11-29)12-17-38(53)49-58-39-7-5-6-22-56-39)33-18-20-50(21-19-33)42-41(46)40(31-13-14-32(25-47)35(45)23-31)34(26-48-42)30-15-16-37(55-4)36(52)24-30/h8-17,23-24,26,33,39,52H,5-7,18-22,27H2,1-4H3,(H,49,53)/b17-12+. The number of nitrogens with one attached hydrogen (secondary N) is 1. The molecule has 1 unspecified atom stereocenters. The number of aromatic nitrogens is 1. The Balaban J connectivity index is 1.19. The monoisotopic (exact) mass is 795 g/mol. The highest BCUT2D eigenvalue weighted by Crippen LogP contribution is 2.41. The maximum Gasteiger partial charge on any atom is 0.410 e. The summed E-state index contributed by atoms with van der Waals surface area (Å²) in [5.74, 6) is -1.79. The van der Waals surface area contributed by atoms with E-state index < -0.39 is 35.5 Å². The number of ether oxygens (including phenoxy) is 3. The number of halogens is 2. The van der Waals surface area contributed by atoms with Crippen LogP contribution in [-0.4, -0.2) is 71.7 Å². The number of nitrogens with zero attached hydrogens (tertiary/aromatic N) is 4. The third-order valence-corrected chi connectivity index (χ3v) is 9.89. The molecule has 3 heterocycles. The number of phenols is 1. The van der Waals surface area contributed by atoms with Gasteiger partial charge in [-0.05, 0) is 99.0 Å². The van der Waals surface area contributed by atoms with E-state index in [1.807, 2.05) is 24.3 Å². The van der Waals surface area contributed by atoms with Gasteiger partial charge in [-0.25, -0.2) is 28.9 Å². The summed E-state index contributed by atoms with van der Waals surface area (Å²) in [6.07, 6.45) is 7.21. The quantitative estimate of drug-likeness (QED) is 0.112. The highest BCUT2D eigenvalue weighted by atomic mass is 19.1. The van der Waals surface area contributed by atoms with Crippen molar-refractivity contribution in [2.45, 2.75) is 77.4 Å². The largest absolute Gasteiger partial charge is 0.504 e. The number of carbonyl (C=O) groups excluding carboxylic acids is 2. The Bertz CT molecular complexity index is 2170. The molecule has 12 nitrogen and oxygen atoms in total. The number of phenolic OH excluding ortho intramolecular Hbond substituents is 1. The number of carbonyl (C=O) groups is 2. The van der Waals surface area contributed by atoms with Crippen molar-refractivity contribution in [3.05, 3.63) is 101 Å². The third-order valence-electron chi connectivity index (χ3n) is 9.89. The molecule has 14 heteroatoms. The summed E-state index contributed by atoms with van der Waals surface area (Å²) in [5, 5.41) is 19.8. The van der Waals surface area contributed by atoms with Gasteiger partial charge in [-0.3, -0.25) is 4.79 Å². The van der Waals surface area contributed by atoms with Gasteiger partial charge in [0.25, 0.3) is 5.91 Å². The van der Waals surface area contributed by atoms with E-state index in [9.17, 15) is 24.3 Å². The van der Waals surface area contributed by atoms with E-state index in [2.05, 4.69) is 10.5 Å². The highest BCUT2D eigenvalue weighted by molar-refractivity contribution is 5.91. The summed E-state index contributed by atoms with van der Waals surface area (Å²) in [6, 6.07) is 17.5. The number of hydrogen-bond acceptors (Lipinski definition) is 10. The number of methoxy groups -OCH3 is 1. The van der Waals surface area contributed by atoms with Gasteiger partial charge in [0, 0.05) is 62.1 Å². The molecule has 2 fully saturated rings. The minimum atomic E-state index is -0.797. The first kappa shape index (κ1) is 41.6. The van der Waals surface area contributed by atoms with Crippen molar-refractivity contribution >= 4 is 23.9 Å². The zero-order chi connectivity index (χ0) is 41.4. The molecule has 0 saturated carbocycles. The Morgan fingerprint density at radius 1 is 1.05 bits per heavy atom. The van der Waals surface area contributed by atoms with Gasteiger partial charge in [0.15, 0.2) is 29.4 Å². The first-order valence-corrected chi connectivity index (χ1v) is 19.2. The molecular formula is C44H47F2N5O7. The van der Waals surface area contributed by atoms with Crippen LogP contribution in [0.4, 0.5) is 19.4 Å². The van der Waals surface area contributed by atoms with Crippen molar-refractivity contribution in [3.8, 4) is 39.8 Å². The van der Waals surface area contributed by atoms with Crippen LogP contribution in [0.2, 0.25) is 0 Å². The smallest absolute Gasteiger partial charge is 0.410 e. The average Bonchev–Trinajstić information content (AvgIpc) is 3.21. The van der Waals surface area contributed by atoms with Crippen molar-refractivity contribution in [2.75, 3.05) is 31.7 Å². The summed E-state index contributed by atoms with van der Waals surface area (Å²) in [5.41, 5.74) is 4.08. The van der Waals surface area contributed by atoms with Gasteiger partial charge in [0.2, 0.25) is 0 Å². The molecular weight excluding hydrogens is 749 g/mol. The van der Waals surface area contributed by atoms with Crippen LogP contribution in [0.25, 0.3) is 28.3 Å². The van der Waals surface area contributed by atoms with E-state index in [4.69, 9.17) is 19.0 Å². The number of piperidine rings is 1. The molecule has 1 atom stereocenters. The predicted molar refractivity (Wildman–Crippen MR) is 213 cm³/mol. The second kappa shape index (κ2) is 18.5. The lowest BCUT2D eigenvalue weighted by Gasteiger charge is -2.39. The maximum absolute atomic E-state index is 16.9. The molecule has 2 amide bonds. The lowest BCUT2D eigenvalue weighted by molar-refractivity contribution is -0.198. The van der Waals surface area contributed by atoms with Crippen LogP contribution in [0.1, 0.15) is 69.6 Å². The minimum absolute atomic E-state index is 0.0507. The Hall–Kier alpha value is -6.04. The van der Waals surface area contributed by atoms with Gasteiger partial charge in [-0.1, -0.05) is 36.4 Å². The lowest BCUT2D eigenvalue weighted by Crippen LogP contribution is -2.48. The zero-order valence-electron chi connectivity index (χ0n) is 33.0. The van der Waals surface area contributed by atoms with Crippen molar-refractivity contribution in [1.29, 1.82) is 5.26 Å². The summed E-state index contributed by atoms with van der Waals surface area (Å²) < 4.78 is 48.2. The molecule has 58 heavy (non-hydrogen) atoms. The van der Waals surface area contributed by atoms with E-state index in [1.165, 1.54) is 37.6 Å². The van der Waals surface area contributed by atoms with Crippen LogP contribution in [0.3, 0.4) is 0 Å². The number of rotatable bonds is 11. The van der Waals surface area contributed by atoms with Crippen LogP contribution >= 0.6 is 0 Å². The van der Waals surface area contributed by atoms with Gasteiger partial charge in [0.05, 0.1) is 12.7 Å². The number of hydroxylamine groups is 1. The number of aromatic hydroxyl groups is 1. The molecule has 4 aromatic rings. The fourth-order valence-electron chi connectivity index (χ4n) is 6.93. The van der Waals surface area contributed by atoms with Gasteiger partial charge in [-0.15, -0.1) is 0 Å². The van der Waals surface area contributed by atoms with E-state index >= 15 is 4.39 Å². The molecule has 3 aromatic carbocycles. The summed E-state index contributed by atoms with van der Waals surface area (Å²) >= 11 is 0. The molecule has 0 radical (unpaired) electrons. The van der Waals surface area contributed by atoms with Crippen LogP contribution < -0.4 is 15.1 Å². The van der Waals surface area contributed by atoms with E-state index in [0.29, 0.717) is 43.7 Å². The number of anilines is 1. The van der Waals surface area contributed by atoms with Gasteiger partial charge >= 0.3 is 6.09 Å². The Morgan fingerprint density at radius 2 is 1.79 bits per heavy atom. The second-order valence-corrected chi connectivity index (χ2v) is 15.2. The Kier molecular flexibility index (Phi) is 13.3. The zero-order valence-corrected chi connectivity index (χ0v) is 33.0. The van der Waals surface area contributed by atoms with Crippen LogP contribution in [-0.2, 0) is 25.7 Å². The minimum Gasteiger partial charge on any atom is -0.504 e. The SMILES string of the molecule is COc1ccc(-c2cnc(N3CCC(N(Cc4ccc(/C=C/C(=O)NOC5CCCCO5)cc4)C(=O)OC(C)(C)C)CC3)c(F)c2-c2ccc(C#N)c(F)c2)cc1O. The van der Waals surface area contributed by atoms with Gasteiger partial charge in [0.1, 0.15) is 17.5 Å². The van der Waals surface area contributed by atoms with Crippen molar-refractivity contribution in [2.24, 2.45) is 0 Å². The summed E-state index contributed by atoms with van der Waals surface area (Å²) in [6.45, 7) is 6.97. The molecule has 1 aromatic heterocycles. The number of amides is 2. The van der Waals surface area contributed by atoms with Gasteiger partial charge in [-0.2, -0.15) is 5.26 Å². The Morgan fingerprint density at radius 3 is 2.43 bits per heavy atom. The molecule has 304 valence electrons. The number of pyridine rings is 1. The molecule has 2 N–H and O–H groups in total. The summed E-state index contributed by atoms with van der Waals surface area (Å²) in [7, 11) is 1.41. The number of benzene rings is 3. The predicted octanol–water partition coefficient (Wildman–Crippen LogP) is 8.27. The van der Waals surface area contributed by atoms with E-state index in [0.717, 1.165) is 36.5 Å². The number of hydrogen-bond donors (Lipinski definition) is 2. The Labute approximate surface area is 336 Å². The van der Waals surface area contributed by atoms with Crippen molar-refractivity contribution in [1.82, 2.24) is 15.4 Å². The molecule has 0 aliphatic carbocycles. The second-order valence-electron chi connectivity index (χ2n) is 15.2. The highest BCUT2D eigenvalue weighted by Gasteiger charge is 2.33. The lowest BCUT2D eigenvalue weighted by atomic mass is 9.94. The molecule has 0 spiro atoms. The first-order valence-electron chi connectivity index (χ1n) is 19.2. The van der Waals surface area contributed by atoms with E-state index in [1.54, 1.807) is 54.8 Å². The normalized spacial score (nSPS) is 16.2. The van der Waals surface area contributed by atoms with Crippen molar-refractivity contribution < 1.29 is 42.5 Å². The molecule has 2 aliphatic rings. The molecule has 0 bridgehead atoms. The summed E-state index contributed by atoms with van der Waals surface area (Å²) in [4.78, 5) is 39.3. The van der Waals surface area contributed by atoms with Crippen LogP contribution in [0.5, 0.6) is 11.5 Å². The van der Waals surface area contributed by atoms with Gasteiger partial charge < -0.3 is 29.1 Å². The van der Waals surface area contributed by atoms with Crippen LogP contribution in [0.15, 0.2) is 72.9 Å². The molecule has 6 rings (SSSR count). The van der Waals surface area contributed by atoms with Crippen molar-refractivity contribution in [3.63, 3.8) is 0 Å². The average molecular weight is 796 g/mol. The van der Waals surface area contributed by atoms with Crippen LogP contribution in [0, 0.1) is 23.0 Å². The molecule has 2 aliphatic heterocycles. The topological polar surface area (TPSA) is 146 Å². The van der Waals surface area contributed by atoms with E-state index in [-0.39, 0.29) is 46.6 Å².